The Labute approximate surface area is 186 Å². The van der Waals surface area contributed by atoms with Gasteiger partial charge in [0.25, 0.3) is 5.91 Å². The van der Waals surface area contributed by atoms with E-state index >= 15 is 0 Å². The number of aryl methyl sites for hydroxylation is 3. The maximum Gasteiger partial charge on any atom is 0.321 e. The second kappa shape index (κ2) is 10.0. The van der Waals surface area contributed by atoms with E-state index in [1.807, 2.05) is 57.2 Å². The highest BCUT2D eigenvalue weighted by Crippen LogP contribution is 2.17. The Morgan fingerprint density at radius 3 is 2.56 bits per heavy atom. The van der Waals surface area contributed by atoms with Gasteiger partial charge in [-0.05, 0) is 45.2 Å². The van der Waals surface area contributed by atoms with Gasteiger partial charge < -0.3 is 10.1 Å². The average molecular weight is 438 g/mol. The molecule has 9 heteroatoms. The molecule has 32 heavy (non-hydrogen) atoms. The first-order chi connectivity index (χ1) is 15.2. The molecule has 0 saturated carbocycles. The number of nitrogens with zero attached hydrogens (tertiary/aromatic N) is 3. The van der Waals surface area contributed by atoms with Crippen LogP contribution in [0.3, 0.4) is 0 Å². The monoisotopic (exact) mass is 437 g/mol. The Bertz CT molecular complexity index is 1140. The molecule has 168 valence electrons. The summed E-state index contributed by atoms with van der Waals surface area (Å²) < 4.78 is 6.95. The summed E-state index contributed by atoms with van der Waals surface area (Å²) >= 11 is 0. The van der Waals surface area contributed by atoms with E-state index in [-0.39, 0.29) is 13.0 Å². The van der Waals surface area contributed by atoms with Gasteiger partial charge in [0.05, 0.1) is 5.69 Å². The molecule has 1 unspecified atom stereocenters. The molecule has 3 amide bonds. The van der Waals surface area contributed by atoms with Crippen molar-refractivity contribution >= 4 is 23.6 Å². The van der Waals surface area contributed by atoms with Crippen LogP contribution in [0.1, 0.15) is 41.6 Å². The van der Waals surface area contributed by atoms with Crippen LogP contribution in [0.5, 0.6) is 0 Å². The van der Waals surface area contributed by atoms with Gasteiger partial charge in [0.15, 0.2) is 11.8 Å². The van der Waals surface area contributed by atoms with E-state index in [0.717, 1.165) is 33.9 Å². The van der Waals surface area contributed by atoms with Gasteiger partial charge in [-0.3, -0.25) is 14.9 Å². The zero-order chi connectivity index (χ0) is 23.3. The van der Waals surface area contributed by atoms with Crippen LogP contribution in [-0.2, 0) is 27.3 Å². The van der Waals surface area contributed by atoms with Crippen LogP contribution in [-0.4, -0.2) is 38.6 Å². The predicted molar refractivity (Wildman–Crippen MR) is 118 cm³/mol. The first-order valence-electron chi connectivity index (χ1n) is 10.4. The fourth-order valence-electron chi connectivity index (χ4n) is 3.38. The minimum Gasteiger partial charge on any atom is -0.453 e. The molecule has 0 spiro atoms. The van der Waals surface area contributed by atoms with Crippen molar-refractivity contribution in [3.63, 3.8) is 0 Å². The van der Waals surface area contributed by atoms with E-state index in [4.69, 9.17) is 4.74 Å². The zero-order valence-electron chi connectivity index (χ0n) is 18.6. The zero-order valence-corrected chi connectivity index (χ0v) is 18.6. The number of ether oxygens (including phenoxy) is 1. The highest BCUT2D eigenvalue weighted by atomic mass is 16.5. The number of nitrogens with one attached hydrogen (secondary N) is 2. The standard InChI is InChI=1S/C23H27N5O4/c1-14-12-20-25-15(2)19(16(3)28(20)27-14)10-11-21(29)32-17(4)22(30)26-23(31)24-13-18-8-6-5-7-9-18/h5-9,12,17H,10-11,13H2,1-4H3,(H2,24,26,30,31). The largest absolute Gasteiger partial charge is 0.453 e. The van der Waals surface area contributed by atoms with Crippen LogP contribution in [0, 0.1) is 20.8 Å². The molecule has 9 nitrogen and oxygen atoms in total. The molecule has 2 aromatic heterocycles. The van der Waals surface area contributed by atoms with Crippen LogP contribution in [0.2, 0.25) is 0 Å². The van der Waals surface area contributed by atoms with Crippen molar-refractivity contribution in [2.75, 3.05) is 0 Å². The number of carbonyl (C=O) groups excluding carboxylic acids is 3. The van der Waals surface area contributed by atoms with Crippen LogP contribution in [0.15, 0.2) is 36.4 Å². The summed E-state index contributed by atoms with van der Waals surface area (Å²) in [5.74, 6) is -1.22. The highest BCUT2D eigenvalue weighted by molar-refractivity contribution is 5.97. The van der Waals surface area contributed by atoms with Crippen LogP contribution >= 0.6 is 0 Å². The van der Waals surface area contributed by atoms with Crippen molar-refractivity contribution in [2.24, 2.45) is 0 Å². The molecule has 1 atom stereocenters. The summed E-state index contributed by atoms with van der Waals surface area (Å²) in [6.07, 6.45) is -0.612. The maximum absolute atomic E-state index is 12.3. The SMILES string of the molecule is Cc1cc2nc(C)c(CCC(=O)OC(C)C(=O)NC(=O)NCc3ccccc3)c(C)n2n1. The Balaban J connectivity index is 1.48. The molecular formula is C23H27N5O4. The molecule has 1 aromatic carbocycles. The molecule has 0 fully saturated rings. The first kappa shape index (κ1) is 22.9. The number of rotatable bonds is 7. The lowest BCUT2D eigenvalue weighted by atomic mass is 10.1. The Morgan fingerprint density at radius 2 is 1.84 bits per heavy atom. The van der Waals surface area contributed by atoms with Gasteiger partial charge >= 0.3 is 12.0 Å². The Kier molecular flexibility index (Phi) is 7.19. The van der Waals surface area contributed by atoms with E-state index < -0.39 is 24.0 Å². The average Bonchev–Trinajstić information content (AvgIpc) is 3.13. The van der Waals surface area contributed by atoms with Crippen LogP contribution < -0.4 is 10.6 Å². The fraction of sp³-hybridized carbons (Fsp3) is 0.348. The first-order valence-corrected chi connectivity index (χ1v) is 10.4. The second-order valence-electron chi connectivity index (χ2n) is 7.61. The molecule has 0 aliphatic rings. The van der Waals surface area contributed by atoms with Gasteiger partial charge in [0.1, 0.15) is 0 Å². The summed E-state index contributed by atoms with van der Waals surface area (Å²) in [5, 5.41) is 9.19. The van der Waals surface area contributed by atoms with E-state index in [1.54, 1.807) is 4.52 Å². The van der Waals surface area contributed by atoms with Crippen LogP contribution in [0.25, 0.3) is 5.65 Å². The topological polar surface area (TPSA) is 115 Å². The third-order valence-corrected chi connectivity index (χ3v) is 5.08. The molecule has 3 aromatic rings. The normalized spacial score (nSPS) is 11.8. The van der Waals surface area contributed by atoms with Crippen molar-refractivity contribution < 1.29 is 19.1 Å². The number of esters is 1. The van der Waals surface area contributed by atoms with Gasteiger partial charge in [0.2, 0.25) is 0 Å². The molecule has 0 bridgehead atoms. The number of urea groups is 1. The lowest BCUT2D eigenvalue weighted by Gasteiger charge is -2.14. The van der Waals surface area contributed by atoms with Gasteiger partial charge in [-0.15, -0.1) is 0 Å². The van der Waals surface area contributed by atoms with Gasteiger partial charge in [-0.2, -0.15) is 5.10 Å². The number of aromatic nitrogens is 3. The van der Waals surface area contributed by atoms with E-state index in [1.165, 1.54) is 6.92 Å². The Morgan fingerprint density at radius 1 is 1.12 bits per heavy atom. The molecular weight excluding hydrogens is 410 g/mol. The predicted octanol–water partition coefficient (Wildman–Crippen LogP) is 2.54. The van der Waals surface area contributed by atoms with Gasteiger partial charge in [0, 0.05) is 30.4 Å². The van der Waals surface area contributed by atoms with Gasteiger partial charge in [-0.1, -0.05) is 30.3 Å². The highest BCUT2D eigenvalue weighted by Gasteiger charge is 2.20. The molecule has 0 radical (unpaired) electrons. The maximum atomic E-state index is 12.3. The van der Waals surface area contributed by atoms with Crippen molar-refractivity contribution in [2.45, 2.75) is 53.2 Å². The lowest BCUT2D eigenvalue weighted by molar-refractivity contribution is -0.154. The fourth-order valence-corrected chi connectivity index (χ4v) is 3.38. The van der Waals surface area contributed by atoms with Gasteiger partial charge in [-0.25, -0.2) is 14.3 Å². The smallest absolute Gasteiger partial charge is 0.321 e. The van der Waals surface area contributed by atoms with Crippen molar-refractivity contribution in [3.8, 4) is 0 Å². The minimum atomic E-state index is -1.10. The number of imide groups is 1. The lowest BCUT2D eigenvalue weighted by Crippen LogP contribution is -2.44. The summed E-state index contributed by atoms with van der Waals surface area (Å²) in [6, 6.07) is 10.5. The third kappa shape index (κ3) is 5.69. The van der Waals surface area contributed by atoms with E-state index in [9.17, 15) is 14.4 Å². The molecule has 0 saturated heterocycles. The summed E-state index contributed by atoms with van der Waals surface area (Å²) in [5.41, 5.74) is 5.18. The van der Waals surface area contributed by atoms with E-state index in [0.29, 0.717) is 6.42 Å². The number of hydrogen-bond acceptors (Lipinski definition) is 6. The molecule has 2 N–H and O–H groups in total. The number of hydrogen-bond donors (Lipinski definition) is 2. The van der Waals surface area contributed by atoms with Crippen molar-refractivity contribution in [3.05, 3.63) is 64.6 Å². The summed E-state index contributed by atoms with van der Waals surface area (Å²) in [7, 11) is 0. The van der Waals surface area contributed by atoms with E-state index in [2.05, 4.69) is 20.7 Å². The number of benzene rings is 1. The number of fused-ring (bicyclic) bond motifs is 1. The molecule has 3 rings (SSSR count). The number of amides is 3. The second-order valence-corrected chi connectivity index (χ2v) is 7.61. The summed E-state index contributed by atoms with van der Waals surface area (Å²) in [4.78, 5) is 40.9. The molecule has 0 aliphatic heterocycles. The quantitative estimate of drug-likeness (QED) is 0.549. The Hall–Kier alpha value is -3.75. The van der Waals surface area contributed by atoms with Crippen molar-refractivity contribution in [1.29, 1.82) is 0 Å². The minimum absolute atomic E-state index is 0.0763. The molecule has 2 heterocycles. The summed E-state index contributed by atoms with van der Waals surface area (Å²) in [6.45, 7) is 7.42. The third-order valence-electron chi connectivity index (χ3n) is 5.08. The van der Waals surface area contributed by atoms with Crippen LogP contribution in [0.4, 0.5) is 4.79 Å². The van der Waals surface area contributed by atoms with Crippen molar-refractivity contribution in [1.82, 2.24) is 25.2 Å². The molecule has 0 aliphatic carbocycles. The number of carbonyl (C=O) groups is 3.